The van der Waals surface area contributed by atoms with E-state index in [1.165, 1.54) is 11.3 Å². The Bertz CT molecular complexity index is 845. The number of hydrogen-bond acceptors (Lipinski definition) is 4. The molecular weight excluding hydrogens is 317 g/mol. The number of fused-ring (bicyclic) bond motifs is 1. The SMILES string of the molecule is O=C(NCCc1csc2nncn12)c1ccc(F)c(F)c1F. The Kier molecular flexibility index (Phi) is 3.80. The number of thiazole rings is 1. The van der Waals surface area contributed by atoms with Gasteiger partial charge in [0.05, 0.1) is 5.56 Å². The average Bonchev–Trinajstić information content (AvgIpc) is 3.09. The first-order valence-corrected chi connectivity index (χ1v) is 7.13. The van der Waals surface area contributed by atoms with Crippen molar-refractivity contribution in [1.82, 2.24) is 19.9 Å². The second-order valence-electron chi connectivity index (χ2n) is 4.44. The maximum atomic E-state index is 13.5. The number of hydrogen-bond donors (Lipinski definition) is 1. The number of carbonyl (C=O) groups excluding carboxylic acids is 1. The highest BCUT2D eigenvalue weighted by molar-refractivity contribution is 7.15. The third-order valence-electron chi connectivity index (χ3n) is 3.07. The molecule has 0 saturated heterocycles. The highest BCUT2D eigenvalue weighted by Gasteiger charge is 2.18. The smallest absolute Gasteiger partial charge is 0.254 e. The van der Waals surface area contributed by atoms with Crippen LogP contribution in [0, 0.1) is 17.5 Å². The van der Waals surface area contributed by atoms with Gasteiger partial charge in [-0.1, -0.05) is 0 Å². The Hall–Kier alpha value is -2.42. The summed E-state index contributed by atoms with van der Waals surface area (Å²) in [6, 6.07) is 1.62. The summed E-state index contributed by atoms with van der Waals surface area (Å²) in [6.45, 7) is 0.210. The second kappa shape index (κ2) is 5.76. The molecule has 1 aromatic carbocycles. The lowest BCUT2D eigenvalue weighted by Crippen LogP contribution is -2.27. The van der Waals surface area contributed by atoms with Crippen molar-refractivity contribution in [3.63, 3.8) is 0 Å². The van der Waals surface area contributed by atoms with Crippen LogP contribution in [0.25, 0.3) is 4.96 Å². The molecule has 1 N–H and O–H groups in total. The van der Waals surface area contributed by atoms with Gasteiger partial charge in [-0.2, -0.15) is 0 Å². The van der Waals surface area contributed by atoms with Crippen LogP contribution in [0.4, 0.5) is 13.2 Å². The number of halogens is 3. The lowest BCUT2D eigenvalue weighted by molar-refractivity contribution is 0.0948. The second-order valence-corrected chi connectivity index (χ2v) is 5.28. The first-order chi connectivity index (χ1) is 10.6. The third kappa shape index (κ3) is 2.54. The summed E-state index contributed by atoms with van der Waals surface area (Å²) in [5.74, 6) is -5.28. The molecule has 0 atom stereocenters. The van der Waals surface area contributed by atoms with Crippen molar-refractivity contribution in [2.45, 2.75) is 6.42 Å². The van der Waals surface area contributed by atoms with Crippen molar-refractivity contribution in [3.8, 4) is 0 Å². The van der Waals surface area contributed by atoms with Crippen LogP contribution in [0.15, 0.2) is 23.8 Å². The van der Waals surface area contributed by atoms with Crippen molar-refractivity contribution >= 4 is 22.2 Å². The van der Waals surface area contributed by atoms with Gasteiger partial charge in [0, 0.05) is 24.0 Å². The molecule has 0 aliphatic heterocycles. The topological polar surface area (TPSA) is 59.3 Å². The number of amides is 1. The van der Waals surface area contributed by atoms with Gasteiger partial charge in [-0.05, 0) is 12.1 Å². The Morgan fingerprint density at radius 3 is 2.91 bits per heavy atom. The van der Waals surface area contributed by atoms with Crippen molar-refractivity contribution in [1.29, 1.82) is 0 Å². The van der Waals surface area contributed by atoms with E-state index in [4.69, 9.17) is 0 Å². The van der Waals surface area contributed by atoms with Crippen LogP contribution >= 0.6 is 11.3 Å². The van der Waals surface area contributed by atoms with E-state index in [2.05, 4.69) is 15.5 Å². The summed E-state index contributed by atoms with van der Waals surface area (Å²) in [5.41, 5.74) is 0.356. The quantitative estimate of drug-likeness (QED) is 0.748. The highest BCUT2D eigenvalue weighted by atomic mass is 32.1. The predicted molar refractivity (Wildman–Crippen MR) is 73.2 cm³/mol. The van der Waals surface area contributed by atoms with Gasteiger partial charge in [-0.25, -0.2) is 13.2 Å². The molecule has 1 amide bonds. The van der Waals surface area contributed by atoms with E-state index in [9.17, 15) is 18.0 Å². The number of benzene rings is 1. The number of aromatic nitrogens is 3. The molecule has 0 radical (unpaired) electrons. The summed E-state index contributed by atoms with van der Waals surface area (Å²) in [4.78, 5) is 12.5. The molecule has 0 bridgehead atoms. The minimum atomic E-state index is -1.66. The molecule has 2 heterocycles. The molecule has 2 aromatic heterocycles. The van der Waals surface area contributed by atoms with Crippen LogP contribution in [0.2, 0.25) is 0 Å². The minimum absolute atomic E-state index is 0.210. The van der Waals surface area contributed by atoms with Crippen LogP contribution in [0.1, 0.15) is 16.1 Å². The lowest BCUT2D eigenvalue weighted by Gasteiger charge is -2.06. The Morgan fingerprint density at radius 1 is 1.27 bits per heavy atom. The van der Waals surface area contributed by atoms with Gasteiger partial charge < -0.3 is 5.32 Å². The van der Waals surface area contributed by atoms with E-state index in [1.807, 2.05) is 5.38 Å². The number of rotatable bonds is 4. The van der Waals surface area contributed by atoms with Gasteiger partial charge in [0.25, 0.3) is 5.91 Å². The summed E-state index contributed by atoms with van der Waals surface area (Å²) < 4.78 is 41.2. The largest absolute Gasteiger partial charge is 0.352 e. The molecular formula is C13H9F3N4OS. The van der Waals surface area contributed by atoms with E-state index in [1.54, 1.807) is 10.7 Å². The zero-order valence-electron chi connectivity index (χ0n) is 11.0. The summed E-state index contributed by atoms with van der Waals surface area (Å²) >= 11 is 1.41. The molecule has 0 saturated carbocycles. The maximum Gasteiger partial charge on any atom is 0.254 e. The third-order valence-corrected chi connectivity index (χ3v) is 3.95. The fourth-order valence-electron chi connectivity index (χ4n) is 1.96. The molecule has 0 unspecified atom stereocenters. The molecule has 0 aliphatic carbocycles. The fraction of sp³-hybridized carbons (Fsp3) is 0.154. The Balaban J connectivity index is 1.66. The Morgan fingerprint density at radius 2 is 2.09 bits per heavy atom. The Labute approximate surface area is 126 Å². The van der Waals surface area contributed by atoms with Gasteiger partial charge in [-0.15, -0.1) is 21.5 Å². The van der Waals surface area contributed by atoms with E-state index < -0.39 is 28.9 Å². The monoisotopic (exact) mass is 326 g/mol. The van der Waals surface area contributed by atoms with Crippen molar-refractivity contribution in [2.75, 3.05) is 6.54 Å². The van der Waals surface area contributed by atoms with Crippen LogP contribution < -0.4 is 5.32 Å². The van der Waals surface area contributed by atoms with Crippen molar-refractivity contribution in [3.05, 3.63) is 52.5 Å². The molecule has 3 aromatic rings. The average molecular weight is 326 g/mol. The van der Waals surface area contributed by atoms with E-state index in [0.717, 1.165) is 16.7 Å². The van der Waals surface area contributed by atoms with Crippen LogP contribution in [-0.2, 0) is 6.42 Å². The van der Waals surface area contributed by atoms with Crippen LogP contribution in [0.3, 0.4) is 0 Å². The molecule has 5 nitrogen and oxygen atoms in total. The zero-order chi connectivity index (χ0) is 15.7. The van der Waals surface area contributed by atoms with Gasteiger partial charge in [0.15, 0.2) is 17.5 Å². The van der Waals surface area contributed by atoms with Gasteiger partial charge in [-0.3, -0.25) is 9.20 Å². The first-order valence-electron chi connectivity index (χ1n) is 6.25. The molecule has 0 spiro atoms. The molecule has 9 heteroatoms. The number of nitrogens with one attached hydrogen (secondary N) is 1. The lowest BCUT2D eigenvalue weighted by atomic mass is 10.2. The maximum absolute atomic E-state index is 13.5. The molecule has 0 fully saturated rings. The van der Waals surface area contributed by atoms with Crippen molar-refractivity contribution < 1.29 is 18.0 Å². The van der Waals surface area contributed by atoms with E-state index >= 15 is 0 Å². The summed E-state index contributed by atoms with van der Waals surface area (Å²) in [6.07, 6.45) is 2.02. The van der Waals surface area contributed by atoms with Gasteiger partial charge in [0.1, 0.15) is 6.33 Å². The zero-order valence-corrected chi connectivity index (χ0v) is 11.8. The van der Waals surface area contributed by atoms with Gasteiger partial charge >= 0.3 is 0 Å². The normalized spacial score (nSPS) is 11.0. The molecule has 22 heavy (non-hydrogen) atoms. The molecule has 3 rings (SSSR count). The number of nitrogens with zero attached hydrogens (tertiary/aromatic N) is 3. The van der Waals surface area contributed by atoms with Crippen LogP contribution in [0.5, 0.6) is 0 Å². The molecule has 0 aliphatic rings. The first kappa shape index (κ1) is 14.5. The fourth-order valence-corrected chi connectivity index (χ4v) is 2.80. The minimum Gasteiger partial charge on any atom is -0.352 e. The number of carbonyl (C=O) groups is 1. The van der Waals surface area contributed by atoms with Gasteiger partial charge in [0.2, 0.25) is 4.96 Å². The standard InChI is InChI=1S/C13H9F3N4OS/c14-9-2-1-8(10(15)11(9)16)12(21)17-4-3-7-5-22-13-19-18-6-20(7)13/h1-2,5-6H,3-4H2,(H,17,21). The molecule has 114 valence electrons. The summed E-state index contributed by atoms with van der Waals surface area (Å²) in [5, 5.41) is 12.0. The van der Waals surface area contributed by atoms with E-state index in [0.29, 0.717) is 12.5 Å². The van der Waals surface area contributed by atoms with Crippen LogP contribution in [-0.4, -0.2) is 27.0 Å². The highest BCUT2D eigenvalue weighted by Crippen LogP contribution is 2.16. The van der Waals surface area contributed by atoms with Crippen molar-refractivity contribution in [2.24, 2.45) is 0 Å². The predicted octanol–water partition coefficient (Wildman–Crippen LogP) is 2.18. The van der Waals surface area contributed by atoms with E-state index in [-0.39, 0.29) is 6.54 Å². The summed E-state index contributed by atoms with van der Waals surface area (Å²) in [7, 11) is 0.